The molecule has 0 aromatic carbocycles. The second-order valence-electron chi connectivity index (χ2n) is 4.94. The molecule has 0 aliphatic carbocycles. The summed E-state index contributed by atoms with van der Waals surface area (Å²) in [6.45, 7) is 5.42. The SMILES string of the molecule is O=C(OC/C=C\Cl)[N+]12CN3CN(CN(C3)C1)C2. The molecule has 0 radical (unpaired) electrons. The van der Waals surface area contributed by atoms with E-state index in [1.165, 1.54) is 5.54 Å². The summed E-state index contributed by atoms with van der Waals surface area (Å²) in [6.07, 6.45) is 1.48. The Bertz CT molecular complexity index is 325. The number of hydrogen-bond donors (Lipinski definition) is 0. The van der Waals surface area contributed by atoms with Crippen LogP contribution >= 0.6 is 11.6 Å². The molecule has 0 aromatic heterocycles. The highest BCUT2D eigenvalue weighted by molar-refractivity contribution is 6.25. The Hall–Kier alpha value is -0.660. The molecule has 0 spiro atoms. The lowest BCUT2D eigenvalue weighted by Crippen LogP contribution is -2.80. The van der Waals surface area contributed by atoms with Gasteiger partial charge >= 0.3 is 6.09 Å². The summed E-state index contributed by atoms with van der Waals surface area (Å²) in [4.78, 5) is 19.0. The molecule has 17 heavy (non-hydrogen) atoms. The number of hydrogen-bond acceptors (Lipinski definition) is 5. The van der Waals surface area contributed by atoms with Crippen LogP contribution in [0.15, 0.2) is 11.6 Å². The number of amides is 1. The van der Waals surface area contributed by atoms with Gasteiger partial charge in [-0.2, -0.15) is 9.28 Å². The molecule has 4 saturated heterocycles. The maximum Gasteiger partial charge on any atom is 0.519 e. The van der Waals surface area contributed by atoms with E-state index in [1.807, 2.05) is 0 Å². The van der Waals surface area contributed by atoms with Crippen LogP contribution in [0.25, 0.3) is 0 Å². The van der Waals surface area contributed by atoms with E-state index in [-0.39, 0.29) is 12.7 Å². The van der Waals surface area contributed by atoms with Gasteiger partial charge in [-0.25, -0.2) is 14.7 Å². The summed E-state index contributed by atoms with van der Waals surface area (Å²) in [7, 11) is 0. The van der Waals surface area contributed by atoms with E-state index in [2.05, 4.69) is 14.7 Å². The predicted octanol–water partition coefficient (Wildman–Crippen LogP) is 0.384. The van der Waals surface area contributed by atoms with E-state index in [0.29, 0.717) is 4.48 Å². The van der Waals surface area contributed by atoms with E-state index in [0.717, 1.165) is 40.0 Å². The summed E-state index contributed by atoms with van der Waals surface area (Å²) in [6, 6.07) is 0. The molecule has 4 bridgehead atoms. The summed E-state index contributed by atoms with van der Waals surface area (Å²) >= 11 is 5.40. The number of carbonyl (C=O) groups is 1. The van der Waals surface area contributed by atoms with E-state index in [1.54, 1.807) is 6.08 Å². The lowest BCUT2D eigenvalue weighted by atomic mass is 10.3. The molecule has 0 atom stereocenters. The maximum atomic E-state index is 12.2. The topological polar surface area (TPSA) is 36.0 Å². The van der Waals surface area contributed by atoms with E-state index in [4.69, 9.17) is 16.3 Å². The average molecular weight is 260 g/mol. The zero-order chi connectivity index (χ0) is 11.9. The third-order valence-corrected chi connectivity index (χ3v) is 3.57. The van der Waals surface area contributed by atoms with Gasteiger partial charge in [-0.3, -0.25) is 0 Å². The molecule has 0 saturated carbocycles. The van der Waals surface area contributed by atoms with Gasteiger partial charge in [-0.1, -0.05) is 11.6 Å². The first-order chi connectivity index (χ1) is 8.22. The molecule has 6 nitrogen and oxygen atoms in total. The number of halogens is 1. The normalized spacial score (nSPS) is 43.2. The van der Waals surface area contributed by atoms with Gasteiger partial charge < -0.3 is 4.74 Å². The smallest absolute Gasteiger partial charge is 0.416 e. The van der Waals surface area contributed by atoms with Gasteiger partial charge in [0.1, 0.15) is 26.6 Å². The monoisotopic (exact) mass is 259 g/mol. The number of rotatable bonds is 2. The zero-order valence-corrected chi connectivity index (χ0v) is 10.3. The van der Waals surface area contributed by atoms with Crippen molar-refractivity contribution in [3.63, 3.8) is 0 Å². The molecular weight excluding hydrogens is 244 g/mol. The zero-order valence-electron chi connectivity index (χ0n) is 9.59. The Morgan fingerprint density at radius 1 is 1.18 bits per heavy atom. The maximum absolute atomic E-state index is 12.2. The third kappa shape index (κ3) is 1.96. The second-order valence-corrected chi connectivity index (χ2v) is 5.20. The van der Waals surface area contributed by atoms with E-state index in [9.17, 15) is 4.79 Å². The van der Waals surface area contributed by atoms with Crippen LogP contribution < -0.4 is 0 Å². The van der Waals surface area contributed by atoms with Crippen molar-refractivity contribution >= 4 is 17.7 Å². The summed E-state index contributed by atoms with van der Waals surface area (Å²) in [5, 5.41) is 0. The van der Waals surface area contributed by atoms with Crippen molar-refractivity contribution < 1.29 is 14.0 Å². The van der Waals surface area contributed by atoms with Gasteiger partial charge in [0.05, 0.1) is 20.0 Å². The first-order valence-corrected chi connectivity index (χ1v) is 6.11. The molecule has 4 heterocycles. The fourth-order valence-electron chi connectivity index (χ4n) is 3.00. The highest BCUT2D eigenvalue weighted by Crippen LogP contribution is 2.29. The first kappa shape index (κ1) is 11.4. The lowest BCUT2D eigenvalue weighted by Gasteiger charge is -2.58. The van der Waals surface area contributed by atoms with Crippen LogP contribution in [0.5, 0.6) is 0 Å². The van der Waals surface area contributed by atoms with Crippen molar-refractivity contribution in [3.05, 3.63) is 11.6 Å². The first-order valence-electron chi connectivity index (χ1n) is 5.68. The predicted molar refractivity (Wildman–Crippen MR) is 61.3 cm³/mol. The Labute approximate surface area is 105 Å². The van der Waals surface area contributed by atoms with E-state index >= 15 is 0 Å². The van der Waals surface area contributed by atoms with Gasteiger partial charge in [0, 0.05) is 5.54 Å². The van der Waals surface area contributed by atoms with Crippen molar-refractivity contribution in [2.45, 2.75) is 0 Å². The number of ether oxygens (including phenoxy) is 1. The van der Waals surface area contributed by atoms with Crippen LogP contribution in [0.3, 0.4) is 0 Å². The standard InChI is InChI=1S/C10H16ClN4O2/c11-2-1-3-17-10(16)15-7-12-4-13(8-15)6-14(5-12)9-15/h1-2H,3-9H2/q+1/b2-1-. The highest BCUT2D eigenvalue weighted by Gasteiger charge is 2.54. The van der Waals surface area contributed by atoms with Crippen LogP contribution in [-0.4, -0.2) is 71.9 Å². The molecule has 94 valence electrons. The molecule has 4 aliphatic rings. The summed E-state index contributed by atoms with van der Waals surface area (Å²) in [5.41, 5.74) is 1.37. The van der Waals surface area contributed by atoms with Gasteiger partial charge in [0.2, 0.25) is 0 Å². The Kier molecular flexibility index (Phi) is 2.84. The van der Waals surface area contributed by atoms with Gasteiger partial charge in [-0.05, 0) is 6.08 Å². The van der Waals surface area contributed by atoms with Crippen LogP contribution in [0.4, 0.5) is 4.79 Å². The van der Waals surface area contributed by atoms with Gasteiger partial charge in [0.15, 0.2) is 0 Å². The van der Waals surface area contributed by atoms with Crippen LogP contribution in [0.1, 0.15) is 0 Å². The van der Waals surface area contributed by atoms with Crippen molar-refractivity contribution in [2.75, 3.05) is 46.6 Å². The van der Waals surface area contributed by atoms with Crippen LogP contribution in [0, 0.1) is 0 Å². The quantitative estimate of drug-likeness (QED) is 0.671. The number of carbonyl (C=O) groups excluding carboxylic acids is 1. The lowest BCUT2D eigenvalue weighted by molar-refractivity contribution is -0.917. The Morgan fingerprint density at radius 2 is 1.71 bits per heavy atom. The average Bonchev–Trinajstić information content (AvgIpc) is 2.27. The Balaban J connectivity index is 1.71. The van der Waals surface area contributed by atoms with Crippen molar-refractivity contribution in [2.24, 2.45) is 0 Å². The summed E-state index contributed by atoms with van der Waals surface area (Å²) < 4.78 is 5.62. The molecule has 0 unspecified atom stereocenters. The van der Waals surface area contributed by atoms with Gasteiger partial charge in [-0.15, -0.1) is 0 Å². The largest absolute Gasteiger partial charge is 0.519 e. The number of quaternary nitrogens is 1. The fourth-order valence-corrected chi connectivity index (χ4v) is 3.07. The fraction of sp³-hybridized carbons (Fsp3) is 0.700. The molecule has 4 aliphatic heterocycles. The van der Waals surface area contributed by atoms with Crippen LogP contribution in [-0.2, 0) is 4.74 Å². The van der Waals surface area contributed by atoms with Gasteiger partial charge in [0.25, 0.3) is 0 Å². The third-order valence-electron chi connectivity index (χ3n) is 3.39. The minimum atomic E-state index is -0.154. The molecule has 0 aromatic rings. The van der Waals surface area contributed by atoms with Crippen LogP contribution in [0.2, 0.25) is 0 Å². The summed E-state index contributed by atoms with van der Waals surface area (Å²) in [5.74, 6) is 0. The highest BCUT2D eigenvalue weighted by atomic mass is 35.5. The van der Waals surface area contributed by atoms with Crippen molar-refractivity contribution in [3.8, 4) is 0 Å². The molecule has 4 fully saturated rings. The molecule has 7 heteroatoms. The molecule has 1 amide bonds. The minimum absolute atomic E-state index is 0.154. The Morgan fingerprint density at radius 3 is 2.18 bits per heavy atom. The van der Waals surface area contributed by atoms with Crippen molar-refractivity contribution in [1.29, 1.82) is 0 Å². The molecule has 0 N–H and O–H groups in total. The number of nitrogens with zero attached hydrogens (tertiary/aromatic N) is 4. The van der Waals surface area contributed by atoms with Crippen molar-refractivity contribution in [1.82, 2.24) is 14.7 Å². The van der Waals surface area contributed by atoms with E-state index < -0.39 is 0 Å². The molecular formula is C10H16ClN4O2+. The molecule has 4 rings (SSSR count). The second kappa shape index (κ2) is 4.22. The minimum Gasteiger partial charge on any atom is -0.416 e.